The topological polar surface area (TPSA) is 81.7 Å². The molecule has 0 unspecified atom stereocenters. The number of benzene rings is 2. The number of aromatic amines is 1. The molecule has 172 valence electrons. The fraction of sp³-hybridized carbons (Fsp3) is 0.333. The van der Waals surface area contributed by atoms with E-state index >= 15 is 0 Å². The smallest absolute Gasteiger partial charge is 0.174 e. The van der Waals surface area contributed by atoms with Crippen LogP contribution in [-0.4, -0.2) is 66.4 Å². The molecule has 8 nitrogen and oxygen atoms in total. The normalized spacial score (nSPS) is 14.6. The van der Waals surface area contributed by atoms with Crippen LogP contribution in [0, 0.1) is 0 Å². The van der Waals surface area contributed by atoms with Gasteiger partial charge in [-0.2, -0.15) is 0 Å². The number of morpholine rings is 1. The van der Waals surface area contributed by atoms with E-state index in [9.17, 15) is 4.53 Å². The molecule has 0 amide bonds. The maximum atomic E-state index is 12.6. The van der Waals surface area contributed by atoms with E-state index in [1.807, 2.05) is 18.3 Å². The summed E-state index contributed by atoms with van der Waals surface area (Å²) < 4.78 is 29.6. The van der Waals surface area contributed by atoms with Crippen LogP contribution < -0.4 is 14.4 Å². The van der Waals surface area contributed by atoms with Crippen molar-refractivity contribution in [2.75, 3.05) is 46.6 Å². The molecule has 2 aromatic carbocycles. The second kappa shape index (κ2) is 9.60. The van der Waals surface area contributed by atoms with E-state index in [4.69, 9.17) is 14.2 Å². The van der Waals surface area contributed by atoms with E-state index in [1.54, 1.807) is 25.3 Å². The molecule has 4 aromatic rings. The van der Waals surface area contributed by atoms with Crippen molar-refractivity contribution in [3.8, 4) is 28.5 Å². The third kappa shape index (κ3) is 4.42. The van der Waals surface area contributed by atoms with Crippen molar-refractivity contribution < 1.29 is 23.7 Å². The van der Waals surface area contributed by atoms with E-state index < -0.39 is 0 Å². The largest absolute Gasteiger partial charge is 0.493 e. The predicted molar refractivity (Wildman–Crippen MR) is 122 cm³/mol. The average molecular weight is 452 g/mol. The van der Waals surface area contributed by atoms with Crippen LogP contribution in [0.25, 0.3) is 33.1 Å². The van der Waals surface area contributed by atoms with Crippen molar-refractivity contribution in [3.63, 3.8) is 0 Å². The molecule has 33 heavy (non-hydrogen) atoms. The van der Waals surface area contributed by atoms with E-state index in [1.165, 1.54) is 6.33 Å². The van der Waals surface area contributed by atoms with Crippen molar-refractivity contribution in [1.82, 2.24) is 19.9 Å². The fourth-order valence-corrected chi connectivity index (χ4v) is 4.20. The molecule has 2 aromatic heterocycles. The van der Waals surface area contributed by atoms with Crippen molar-refractivity contribution in [2.45, 2.75) is 6.42 Å². The predicted octanol–water partition coefficient (Wildman–Crippen LogP) is 4.15. The van der Waals surface area contributed by atoms with Crippen LogP contribution in [0.2, 0.25) is 0 Å². The highest BCUT2D eigenvalue weighted by Crippen LogP contribution is 2.38. The van der Waals surface area contributed by atoms with Crippen molar-refractivity contribution >= 4 is 21.8 Å². The Morgan fingerprint density at radius 3 is 2.79 bits per heavy atom. The quantitative estimate of drug-likeness (QED) is 0.402. The lowest BCUT2D eigenvalue weighted by Gasteiger charge is -2.26. The zero-order valence-corrected chi connectivity index (χ0v) is 18.3. The number of halogens is 1. The number of nitrogens with zero attached hydrogens (tertiary/aromatic N) is 3. The van der Waals surface area contributed by atoms with Gasteiger partial charge in [0.1, 0.15) is 6.33 Å². The second-order valence-electron chi connectivity index (χ2n) is 7.89. The van der Waals surface area contributed by atoms with E-state index in [0.29, 0.717) is 18.1 Å². The molecule has 9 heteroatoms. The molecular formula is C24H25FN4O4. The fourth-order valence-electron chi connectivity index (χ4n) is 4.20. The number of fused-ring (bicyclic) bond motifs is 2. The molecule has 0 atom stereocenters. The van der Waals surface area contributed by atoms with Gasteiger partial charge in [-0.05, 0) is 24.6 Å². The molecule has 0 radical (unpaired) electrons. The van der Waals surface area contributed by atoms with E-state index in [-0.39, 0.29) is 5.75 Å². The number of rotatable bonds is 8. The number of nitrogens with one attached hydrogen (secondary N) is 1. The molecule has 1 aliphatic heterocycles. The summed E-state index contributed by atoms with van der Waals surface area (Å²) in [7, 11) is 1.62. The van der Waals surface area contributed by atoms with Gasteiger partial charge in [-0.3, -0.25) is 9.84 Å². The zero-order valence-electron chi connectivity index (χ0n) is 18.3. The van der Waals surface area contributed by atoms with Gasteiger partial charge in [0.2, 0.25) is 0 Å². The Kier molecular flexibility index (Phi) is 6.23. The van der Waals surface area contributed by atoms with Gasteiger partial charge in [-0.25, -0.2) is 9.97 Å². The van der Waals surface area contributed by atoms with Crippen LogP contribution >= 0.6 is 0 Å². The standard InChI is InChI=1S/C24H25FN4O4/c1-30-22-12-18-21(13-23(22)32-8-2-5-29-6-9-31-10-7-29)27-15-28-24(18)19-14-26-20-11-16(33-25)3-4-17(19)20/h3-4,11-15,26H,2,5-10H2,1H3. The minimum atomic E-state index is 0.139. The summed E-state index contributed by atoms with van der Waals surface area (Å²) in [5.41, 5.74) is 3.13. The number of aromatic nitrogens is 3. The molecule has 1 fully saturated rings. The first-order valence-electron chi connectivity index (χ1n) is 10.9. The summed E-state index contributed by atoms with van der Waals surface area (Å²) >= 11 is 0. The monoisotopic (exact) mass is 452 g/mol. The lowest BCUT2D eigenvalue weighted by atomic mass is 10.0. The first-order chi connectivity index (χ1) is 16.3. The van der Waals surface area contributed by atoms with Crippen LogP contribution in [0.4, 0.5) is 4.53 Å². The van der Waals surface area contributed by atoms with Gasteiger partial charge in [-0.15, -0.1) is 0 Å². The molecule has 0 bridgehead atoms. The van der Waals surface area contributed by atoms with Crippen molar-refractivity contribution in [2.24, 2.45) is 0 Å². The van der Waals surface area contributed by atoms with E-state index in [0.717, 1.165) is 72.3 Å². The molecule has 0 saturated carbocycles. The highest BCUT2D eigenvalue weighted by atomic mass is 19.3. The molecule has 1 N–H and O–H groups in total. The molecular weight excluding hydrogens is 427 g/mol. The Morgan fingerprint density at radius 2 is 1.97 bits per heavy atom. The van der Waals surface area contributed by atoms with Gasteiger partial charge in [0, 0.05) is 64.3 Å². The van der Waals surface area contributed by atoms with Crippen LogP contribution in [0.1, 0.15) is 6.42 Å². The molecule has 3 heterocycles. The first-order valence-corrected chi connectivity index (χ1v) is 10.9. The van der Waals surface area contributed by atoms with E-state index in [2.05, 4.69) is 24.8 Å². The maximum absolute atomic E-state index is 12.6. The lowest BCUT2D eigenvalue weighted by Crippen LogP contribution is -2.37. The highest BCUT2D eigenvalue weighted by molar-refractivity contribution is 6.03. The first kappa shape index (κ1) is 21.4. The van der Waals surface area contributed by atoms with Crippen molar-refractivity contribution in [3.05, 3.63) is 42.9 Å². The summed E-state index contributed by atoms with van der Waals surface area (Å²) in [4.78, 5) is 18.4. The van der Waals surface area contributed by atoms with Gasteiger partial charge < -0.3 is 19.2 Å². The Balaban J connectivity index is 1.40. The summed E-state index contributed by atoms with van der Waals surface area (Å²) in [6.45, 7) is 5.08. The molecule has 1 saturated heterocycles. The van der Waals surface area contributed by atoms with Gasteiger partial charge in [-0.1, -0.05) is 0 Å². The summed E-state index contributed by atoms with van der Waals surface area (Å²) in [6.07, 6.45) is 4.29. The minimum absolute atomic E-state index is 0.139. The van der Waals surface area contributed by atoms with Gasteiger partial charge in [0.05, 0.1) is 38.1 Å². The summed E-state index contributed by atoms with van der Waals surface area (Å²) in [6, 6.07) is 8.77. The minimum Gasteiger partial charge on any atom is -0.493 e. The molecule has 0 spiro atoms. The number of hydrogen-bond acceptors (Lipinski definition) is 7. The summed E-state index contributed by atoms with van der Waals surface area (Å²) in [5.74, 6) is 1.42. The highest BCUT2D eigenvalue weighted by Gasteiger charge is 2.16. The number of methoxy groups -OCH3 is 1. The molecule has 5 rings (SSSR count). The second-order valence-corrected chi connectivity index (χ2v) is 7.89. The number of hydrogen-bond donors (Lipinski definition) is 1. The molecule has 0 aliphatic carbocycles. The van der Waals surface area contributed by atoms with Crippen LogP contribution in [0.5, 0.6) is 17.2 Å². The number of H-pyrrole nitrogens is 1. The van der Waals surface area contributed by atoms with Gasteiger partial charge in [0.15, 0.2) is 17.2 Å². The third-order valence-corrected chi connectivity index (χ3v) is 5.90. The Labute approximate surface area is 190 Å². The molecule has 1 aliphatic rings. The zero-order chi connectivity index (χ0) is 22.6. The SMILES string of the molecule is COc1cc2c(-c3c[nH]c4cc(OF)ccc34)ncnc2cc1OCCCN1CCOCC1. The number of ether oxygens (including phenoxy) is 3. The van der Waals surface area contributed by atoms with Gasteiger partial charge in [0.25, 0.3) is 0 Å². The maximum Gasteiger partial charge on any atom is 0.174 e. The average Bonchev–Trinajstić information content (AvgIpc) is 3.29. The Morgan fingerprint density at radius 1 is 1.09 bits per heavy atom. The third-order valence-electron chi connectivity index (χ3n) is 5.90. The Bertz CT molecular complexity index is 1260. The van der Waals surface area contributed by atoms with Crippen molar-refractivity contribution in [1.29, 1.82) is 0 Å². The van der Waals surface area contributed by atoms with Crippen LogP contribution in [-0.2, 0) is 4.74 Å². The van der Waals surface area contributed by atoms with Crippen LogP contribution in [0.3, 0.4) is 0 Å². The summed E-state index contributed by atoms with van der Waals surface area (Å²) in [5, 5.41) is 1.74. The lowest BCUT2D eigenvalue weighted by molar-refractivity contribution is -0.00604. The van der Waals surface area contributed by atoms with Gasteiger partial charge >= 0.3 is 0 Å². The van der Waals surface area contributed by atoms with Crippen LogP contribution in [0.15, 0.2) is 42.9 Å². The Hall–Kier alpha value is -3.43.